The normalized spacial score (nSPS) is 10.7. The van der Waals surface area contributed by atoms with E-state index in [1.165, 1.54) is 9.80 Å². The van der Waals surface area contributed by atoms with Crippen LogP contribution in [0.4, 0.5) is 5.69 Å². The molecule has 1 aromatic rings. The van der Waals surface area contributed by atoms with E-state index in [1.807, 2.05) is 25.3 Å². The highest BCUT2D eigenvalue weighted by atomic mass is 16.2. The van der Waals surface area contributed by atoms with Crippen LogP contribution in [0.1, 0.15) is 37.3 Å². The molecular weight excluding hydrogens is 256 g/mol. The van der Waals surface area contributed by atoms with Crippen LogP contribution in [-0.4, -0.2) is 53.4 Å². The third kappa shape index (κ3) is 3.53. The van der Waals surface area contributed by atoms with E-state index in [9.17, 15) is 9.59 Å². The molecule has 6 nitrogen and oxygen atoms in total. The zero-order valence-electron chi connectivity index (χ0n) is 12.9. The lowest BCUT2D eigenvalue weighted by Crippen LogP contribution is -2.40. The van der Waals surface area contributed by atoms with Gasteiger partial charge >= 0.3 is 0 Å². The lowest BCUT2D eigenvalue weighted by molar-refractivity contribution is -0.129. The topological polar surface area (TPSA) is 71.6 Å². The van der Waals surface area contributed by atoms with Crippen LogP contribution in [0, 0.1) is 0 Å². The van der Waals surface area contributed by atoms with Crippen LogP contribution >= 0.6 is 0 Å². The fraction of sp³-hybridized carbons (Fsp3) is 0.571. The number of rotatable bonds is 5. The van der Waals surface area contributed by atoms with Crippen LogP contribution in [0.2, 0.25) is 0 Å². The summed E-state index contributed by atoms with van der Waals surface area (Å²) in [6.07, 6.45) is 1.75. The molecule has 0 unspecified atom stereocenters. The lowest BCUT2D eigenvalue weighted by atomic mass is 10.3. The van der Waals surface area contributed by atoms with Crippen molar-refractivity contribution in [2.75, 3.05) is 32.9 Å². The van der Waals surface area contributed by atoms with Gasteiger partial charge in [0.15, 0.2) is 0 Å². The van der Waals surface area contributed by atoms with E-state index in [0.29, 0.717) is 17.9 Å². The molecular formula is C14H24N4O2. The van der Waals surface area contributed by atoms with E-state index in [1.54, 1.807) is 26.4 Å². The number of hydrogen-bond acceptors (Lipinski definition) is 3. The number of carbonyl (C=O) groups excluding carboxylic acids is 2. The maximum absolute atomic E-state index is 12.6. The van der Waals surface area contributed by atoms with Crippen LogP contribution in [0.15, 0.2) is 12.3 Å². The van der Waals surface area contributed by atoms with E-state index >= 15 is 0 Å². The van der Waals surface area contributed by atoms with Crippen molar-refractivity contribution in [3.8, 4) is 0 Å². The predicted molar refractivity (Wildman–Crippen MR) is 79.5 cm³/mol. The molecule has 0 aliphatic rings. The van der Waals surface area contributed by atoms with Gasteiger partial charge in [-0.25, -0.2) is 0 Å². The Kier molecular flexibility index (Phi) is 5.19. The molecule has 2 amide bonds. The summed E-state index contributed by atoms with van der Waals surface area (Å²) in [6, 6.07) is 1.79. The van der Waals surface area contributed by atoms with Gasteiger partial charge in [-0.15, -0.1) is 0 Å². The first-order valence-corrected chi connectivity index (χ1v) is 6.74. The Hall–Kier alpha value is -1.98. The number of amides is 2. The monoisotopic (exact) mass is 280 g/mol. The third-order valence-electron chi connectivity index (χ3n) is 3.14. The molecule has 1 rings (SSSR count). The van der Waals surface area contributed by atoms with Crippen molar-refractivity contribution in [3.63, 3.8) is 0 Å². The van der Waals surface area contributed by atoms with Gasteiger partial charge < -0.3 is 20.1 Å². The standard InChI is InChI=1S/C14H24N4O2/c1-6-17(9-13(19)16(4)5)14(20)12-7-11(15)8-18(12)10(2)3/h7-8,10H,6,9,15H2,1-5H3. The van der Waals surface area contributed by atoms with Crippen LogP contribution in [0.5, 0.6) is 0 Å². The van der Waals surface area contributed by atoms with E-state index in [4.69, 9.17) is 5.73 Å². The number of nitrogen functional groups attached to an aromatic ring is 1. The molecule has 0 aromatic carbocycles. The zero-order valence-corrected chi connectivity index (χ0v) is 12.9. The smallest absolute Gasteiger partial charge is 0.271 e. The van der Waals surface area contributed by atoms with Crippen molar-refractivity contribution in [2.24, 2.45) is 0 Å². The number of likely N-dealkylation sites (N-methyl/N-ethyl adjacent to an activating group) is 2. The molecule has 0 fully saturated rings. The van der Waals surface area contributed by atoms with Gasteiger partial charge in [-0.2, -0.15) is 0 Å². The average Bonchev–Trinajstić information content (AvgIpc) is 2.76. The predicted octanol–water partition coefficient (Wildman–Crippen LogP) is 1.20. The van der Waals surface area contributed by atoms with Crippen LogP contribution in [0.25, 0.3) is 0 Å². The Labute approximate surface area is 120 Å². The molecule has 0 bridgehead atoms. The van der Waals surface area contributed by atoms with Gasteiger partial charge in [0.2, 0.25) is 5.91 Å². The van der Waals surface area contributed by atoms with Crippen LogP contribution < -0.4 is 5.73 Å². The third-order valence-corrected chi connectivity index (χ3v) is 3.14. The van der Waals surface area contributed by atoms with Crippen molar-refractivity contribution in [1.29, 1.82) is 0 Å². The average molecular weight is 280 g/mol. The molecule has 0 radical (unpaired) electrons. The minimum absolute atomic E-state index is 0.0749. The Morgan fingerprint density at radius 3 is 2.40 bits per heavy atom. The molecule has 0 aliphatic carbocycles. The highest BCUT2D eigenvalue weighted by Crippen LogP contribution is 2.18. The summed E-state index contributed by atoms with van der Waals surface area (Å²) in [7, 11) is 3.35. The molecule has 6 heteroatoms. The summed E-state index contributed by atoms with van der Waals surface area (Å²) in [5.41, 5.74) is 6.85. The quantitative estimate of drug-likeness (QED) is 0.881. The summed E-state index contributed by atoms with van der Waals surface area (Å²) in [5.74, 6) is -0.274. The second-order valence-corrected chi connectivity index (χ2v) is 5.27. The summed E-state index contributed by atoms with van der Waals surface area (Å²) in [6.45, 7) is 6.37. The highest BCUT2D eigenvalue weighted by molar-refractivity contribution is 5.96. The summed E-state index contributed by atoms with van der Waals surface area (Å²) in [5, 5.41) is 0. The van der Waals surface area contributed by atoms with Crippen LogP contribution in [0.3, 0.4) is 0 Å². The van der Waals surface area contributed by atoms with Crippen LogP contribution in [-0.2, 0) is 4.79 Å². The summed E-state index contributed by atoms with van der Waals surface area (Å²) in [4.78, 5) is 27.3. The van der Waals surface area contributed by atoms with E-state index in [2.05, 4.69) is 0 Å². The molecule has 0 aliphatic heterocycles. The van der Waals surface area contributed by atoms with E-state index < -0.39 is 0 Å². The number of nitrogens with zero attached hydrogens (tertiary/aromatic N) is 3. The van der Waals surface area contributed by atoms with Gasteiger partial charge in [0.1, 0.15) is 12.2 Å². The zero-order chi connectivity index (χ0) is 15.4. The number of hydrogen-bond donors (Lipinski definition) is 1. The number of nitrogens with two attached hydrogens (primary N) is 1. The summed E-state index contributed by atoms with van der Waals surface area (Å²) >= 11 is 0. The Morgan fingerprint density at radius 2 is 1.95 bits per heavy atom. The molecule has 2 N–H and O–H groups in total. The minimum atomic E-state index is -0.173. The van der Waals surface area contributed by atoms with Crippen molar-refractivity contribution in [1.82, 2.24) is 14.4 Å². The van der Waals surface area contributed by atoms with E-state index in [-0.39, 0.29) is 24.4 Å². The molecule has 1 heterocycles. The molecule has 0 atom stereocenters. The fourth-order valence-electron chi connectivity index (χ4n) is 1.89. The second-order valence-electron chi connectivity index (χ2n) is 5.27. The second kappa shape index (κ2) is 6.45. The van der Waals surface area contributed by atoms with Gasteiger partial charge in [-0.3, -0.25) is 9.59 Å². The van der Waals surface area contributed by atoms with Crippen molar-refractivity contribution in [2.45, 2.75) is 26.8 Å². The molecule has 0 saturated carbocycles. The molecule has 20 heavy (non-hydrogen) atoms. The molecule has 112 valence electrons. The molecule has 0 spiro atoms. The summed E-state index contributed by atoms with van der Waals surface area (Å²) < 4.78 is 1.83. The van der Waals surface area contributed by atoms with E-state index in [0.717, 1.165) is 0 Å². The van der Waals surface area contributed by atoms with Crippen molar-refractivity contribution in [3.05, 3.63) is 18.0 Å². The van der Waals surface area contributed by atoms with Gasteiger partial charge in [0.05, 0.1) is 5.69 Å². The maximum atomic E-state index is 12.6. The van der Waals surface area contributed by atoms with Gasteiger partial charge in [-0.1, -0.05) is 0 Å². The number of aromatic nitrogens is 1. The lowest BCUT2D eigenvalue weighted by Gasteiger charge is -2.23. The highest BCUT2D eigenvalue weighted by Gasteiger charge is 2.22. The first-order chi connectivity index (χ1) is 9.27. The van der Waals surface area contributed by atoms with Gasteiger partial charge in [0, 0.05) is 32.9 Å². The Morgan fingerprint density at radius 1 is 1.35 bits per heavy atom. The first kappa shape index (κ1) is 16.1. The molecule has 1 aromatic heterocycles. The van der Waals surface area contributed by atoms with Gasteiger partial charge in [-0.05, 0) is 26.8 Å². The largest absolute Gasteiger partial charge is 0.397 e. The fourth-order valence-corrected chi connectivity index (χ4v) is 1.89. The van der Waals surface area contributed by atoms with Crippen molar-refractivity contribution >= 4 is 17.5 Å². The minimum Gasteiger partial charge on any atom is -0.397 e. The van der Waals surface area contributed by atoms with Crippen molar-refractivity contribution < 1.29 is 9.59 Å². The SMILES string of the molecule is CCN(CC(=O)N(C)C)C(=O)c1cc(N)cn1C(C)C. The Bertz CT molecular complexity index is 491. The maximum Gasteiger partial charge on any atom is 0.271 e. The number of carbonyl (C=O) groups is 2. The molecule has 0 saturated heterocycles. The van der Waals surface area contributed by atoms with Gasteiger partial charge in [0.25, 0.3) is 5.91 Å². The Balaban J connectivity index is 3.00. The first-order valence-electron chi connectivity index (χ1n) is 6.74. The number of anilines is 1.